The van der Waals surface area contributed by atoms with Crippen LogP contribution in [0.3, 0.4) is 0 Å². The minimum absolute atomic E-state index is 0.0412. The largest absolute Gasteiger partial charge is 0.224 e. The molecule has 0 radical (unpaired) electrons. The molecule has 0 heterocycles. The van der Waals surface area contributed by atoms with Crippen LogP contribution in [0.1, 0.15) is 18.5 Å². The molecule has 0 unspecified atom stereocenters. The fourth-order valence-corrected chi connectivity index (χ4v) is 9.67. The van der Waals surface area contributed by atoms with Crippen LogP contribution in [0.25, 0.3) is 0 Å². The van der Waals surface area contributed by atoms with Gasteiger partial charge in [0.2, 0.25) is 40.1 Å². The van der Waals surface area contributed by atoms with E-state index in [1.54, 1.807) is 0 Å². The first-order valence-electron chi connectivity index (χ1n) is 7.43. The average molecular weight is 481 g/mol. The van der Waals surface area contributed by atoms with Gasteiger partial charge in [-0.2, -0.15) is 0 Å². The van der Waals surface area contributed by atoms with Gasteiger partial charge in [-0.1, -0.05) is 25.6 Å². The lowest BCUT2D eigenvalue weighted by molar-refractivity contribution is 0.309. The van der Waals surface area contributed by atoms with Gasteiger partial charge in [-0.05, 0) is 13.0 Å². The third kappa shape index (κ3) is 5.70. The molecular weight excluding hydrogens is 459 g/mol. The normalized spacial score (nSPS) is 16.3. The first-order chi connectivity index (χ1) is 12.3. The predicted octanol–water partition coefficient (Wildman–Crippen LogP) is -0.302. The standard InChI is InChI=1S/C13H21FN2O8S4/c1-10(15(25(2,17)18)26(3,19)20)13(11-8-6-7-9-12(11)14)16(27(4,21)22)28(5,23)24/h6-10,13H,1-5H3/t10-,13-/m1/s1. The van der Waals surface area contributed by atoms with Crippen molar-refractivity contribution < 1.29 is 38.1 Å². The minimum atomic E-state index is -4.59. The van der Waals surface area contributed by atoms with E-state index in [0.29, 0.717) is 25.0 Å². The van der Waals surface area contributed by atoms with Gasteiger partial charge in [0.15, 0.2) is 0 Å². The van der Waals surface area contributed by atoms with Crippen molar-refractivity contribution in [1.29, 1.82) is 0 Å². The molecule has 0 aromatic heterocycles. The van der Waals surface area contributed by atoms with E-state index < -0.39 is 63.6 Å². The number of nitrogens with zero attached hydrogens (tertiary/aromatic N) is 2. The van der Waals surface area contributed by atoms with Crippen molar-refractivity contribution in [2.75, 3.05) is 25.0 Å². The van der Waals surface area contributed by atoms with E-state index in [9.17, 15) is 38.1 Å². The molecule has 1 rings (SSSR count). The summed E-state index contributed by atoms with van der Waals surface area (Å²) in [6, 6.07) is 0.621. The number of halogens is 1. The van der Waals surface area contributed by atoms with Gasteiger partial charge in [-0.3, -0.25) is 0 Å². The van der Waals surface area contributed by atoms with Crippen LogP contribution >= 0.6 is 0 Å². The van der Waals surface area contributed by atoms with E-state index in [2.05, 4.69) is 0 Å². The molecule has 162 valence electrons. The monoisotopic (exact) mass is 480 g/mol. The highest BCUT2D eigenvalue weighted by atomic mass is 32.3. The lowest BCUT2D eigenvalue weighted by atomic mass is 10.0. The highest BCUT2D eigenvalue weighted by molar-refractivity contribution is 8.04. The Morgan fingerprint density at radius 1 is 0.714 bits per heavy atom. The van der Waals surface area contributed by atoms with Crippen LogP contribution in [0.5, 0.6) is 0 Å². The molecule has 0 N–H and O–H groups in total. The van der Waals surface area contributed by atoms with Crippen molar-refractivity contribution in [3.63, 3.8) is 0 Å². The molecule has 0 fully saturated rings. The molecule has 0 saturated carbocycles. The van der Waals surface area contributed by atoms with Crippen LogP contribution in [0.4, 0.5) is 4.39 Å². The summed E-state index contributed by atoms with van der Waals surface area (Å²) in [6.07, 6.45) is 2.15. The summed E-state index contributed by atoms with van der Waals surface area (Å²) in [7, 11) is -18.2. The Morgan fingerprint density at radius 3 is 1.39 bits per heavy atom. The Balaban J connectivity index is 4.00. The van der Waals surface area contributed by atoms with Crippen molar-refractivity contribution in [2.24, 2.45) is 0 Å². The molecule has 2 atom stereocenters. The second kappa shape index (κ2) is 7.95. The zero-order valence-electron chi connectivity index (χ0n) is 15.6. The Labute approximate surface area is 165 Å². The molecule has 1 aromatic rings. The van der Waals surface area contributed by atoms with E-state index >= 15 is 0 Å². The van der Waals surface area contributed by atoms with Crippen LogP contribution < -0.4 is 0 Å². The van der Waals surface area contributed by atoms with Crippen molar-refractivity contribution in [3.8, 4) is 0 Å². The molecule has 0 aliphatic rings. The molecule has 10 nitrogen and oxygen atoms in total. The Bertz CT molecular complexity index is 1100. The summed E-state index contributed by atoms with van der Waals surface area (Å²) in [5.41, 5.74) is -0.511. The molecule has 0 bridgehead atoms. The molecule has 0 saturated heterocycles. The Kier molecular flexibility index (Phi) is 7.07. The van der Waals surface area contributed by atoms with Gasteiger partial charge in [0.25, 0.3) is 0 Å². The van der Waals surface area contributed by atoms with E-state index in [-0.39, 0.29) is 7.42 Å². The van der Waals surface area contributed by atoms with Crippen LogP contribution in [-0.2, 0) is 40.1 Å². The number of sulfonamides is 4. The number of hydrogen-bond acceptors (Lipinski definition) is 8. The van der Waals surface area contributed by atoms with E-state index in [1.165, 1.54) is 12.1 Å². The summed E-state index contributed by atoms with van der Waals surface area (Å²) >= 11 is 0. The van der Waals surface area contributed by atoms with Gasteiger partial charge >= 0.3 is 0 Å². The minimum Gasteiger partial charge on any atom is -0.212 e. The van der Waals surface area contributed by atoms with Crippen molar-refractivity contribution >= 4 is 40.1 Å². The maximum Gasteiger partial charge on any atom is 0.224 e. The maximum atomic E-state index is 14.5. The quantitative estimate of drug-likeness (QED) is 0.493. The Morgan fingerprint density at radius 2 is 1.07 bits per heavy atom. The molecule has 0 aliphatic heterocycles. The Hall–Kier alpha value is -1.13. The highest BCUT2D eigenvalue weighted by Gasteiger charge is 2.46. The average Bonchev–Trinajstić information content (AvgIpc) is 2.39. The lowest BCUT2D eigenvalue weighted by Crippen LogP contribution is -2.52. The van der Waals surface area contributed by atoms with E-state index in [4.69, 9.17) is 0 Å². The molecule has 0 amide bonds. The van der Waals surface area contributed by atoms with E-state index in [1.807, 2.05) is 0 Å². The fourth-order valence-electron chi connectivity index (χ4n) is 2.89. The summed E-state index contributed by atoms with van der Waals surface area (Å²) in [5, 5.41) is 0. The summed E-state index contributed by atoms with van der Waals surface area (Å²) in [4.78, 5) is 0. The van der Waals surface area contributed by atoms with Gasteiger partial charge in [-0.25, -0.2) is 38.1 Å². The smallest absolute Gasteiger partial charge is 0.212 e. The van der Waals surface area contributed by atoms with Crippen molar-refractivity contribution in [2.45, 2.75) is 19.0 Å². The first-order valence-corrected chi connectivity index (χ1v) is 14.8. The maximum absolute atomic E-state index is 14.5. The third-order valence-electron chi connectivity index (χ3n) is 3.55. The number of benzene rings is 1. The topological polar surface area (TPSA) is 143 Å². The van der Waals surface area contributed by atoms with Gasteiger partial charge in [0.05, 0.1) is 37.1 Å². The molecule has 0 aliphatic carbocycles. The third-order valence-corrected chi connectivity index (χ3v) is 10.5. The molecular formula is C13H21FN2O8S4. The molecule has 0 spiro atoms. The highest BCUT2D eigenvalue weighted by Crippen LogP contribution is 2.35. The van der Waals surface area contributed by atoms with Crippen LogP contribution in [-0.4, -0.2) is 72.2 Å². The van der Waals surface area contributed by atoms with E-state index in [0.717, 1.165) is 19.1 Å². The van der Waals surface area contributed by atoms with Gasteiger partial charge < -0.3 is 0 Å². The fraction of sp³-hybridized carbons (Fsp3) is 0.538. The van der Waals surface area contributed by atoms with Crippen LogP contribution in [0, 0.1) is 5.82 Å². The second-order valence-corrected chi connectivity index (χ2v) is 14.1. The number of rotatable bonds is 8. The zero-order valence-corrected chi connectivity index (χ0v) is 18.9. The molecule has 1 aromatic carbocycles. The first kappa shape index (κ1) is 24.9. The van der Waals surface area contributed by atoms with Crippen molar-refractivity contribution in [1.82, 2.24) is 7.42 Å². The zero-order chi connectivity index (χ0) is 22.3. The summed E-state index contributed by atoms with van der Waals surface area (Å²) < 4.78 is 112. The number of hydrogen-bond donors (Lipinski definition) is 0. The summed E-state index contributed by atoms with van der Waals surface area (Å²) in [6.45, 7) is 0.975. The van der Waals surface area contributed by atoms with Crippen molar-refractivity contribution in [3.05, 3.63) is 35.6 Å². The van der Waals surface area contributed by atoms with Crippen LogP contribution in [0.2, 0.25) is 0 Å². The molecule has 28 heavy (non-hydrogen) atoms. The second-order valence-electron chi connectivity index (χ2n) is 6.21. The SMILES string of the molecule is C[C@H]([C@H](c1ccccc1F)N(S(C)(=O)=O)S(C)(=O)=O)N(S(C)(=O)=O)S(C)(=O)=O. The van der Waals surface area contributed by atoms with Gasteiger partial charge in [0, 0.05) is 5.56 Å². The lowest BCUT2D eigenvalue weighted by Gasteiger charge is -2.36. The summed E-state index contributed by atoms with van der Waals surface area (Å²) in [5.74, 6) is -1.04. The van der Waals surface area contributed by atoms with Crippen LogP contribution in [0.15, 0.2) is 24.3 Å². The molecule has 15 heteroatoms. The predicted molar refractivity (Wildman–Crippen MR) is 102 cm³/mol. The van der Waals surface area contributed by atoms with Gasteiger partial charge in [-0.15, -0.1) is 0 Å². The van der Waals surface area contributed by atoms with Gasteiger partial charge in [0.1, 0.15) is 5.82 Å².